The molecule has 0 rings (SSSR count). The Morgan fingerprint density at radius 2 is 1.83 bits per heavy atom. The summed E-state index contributed by atoms with van der Waals surface area (Å²) in [5.41, 5.74) is 5.96. The number of likely N-dealkylation sites (N-methyl/N-ethyl adjacent to an activating group) is 1. The van der Waals surface area contributed by atoms with Crippen molar-refractivity contribution in [2.45, 2.75) is 39.7 Å². The zero-order chi connectivity index (χ0) is 9.56. The number of hydrogen-bond acceptors (Lipinski definition) is 2. The molecule has 0 amide bonds. The highest BCUT2D eigenvalue weighted by molar-refractivity contribution is 4.65. The molecule has 2 N–H and O–H groups in total. The van der Waals surface area contributed by atoms with E-state index in [-0.39, 0.29) is 0 Å². The zero-order valence-corrected chi connectivity index (χ0v) is 9.01. The monoisotopic (exact) mass is 172 g/mol. The Balaban J connectivity index is 3.39. The van der Waals surface area contributed by atoms with Crippen LogP contribution < -0.4 is 5.73 Å². The fourth-order valence-electron chi connectivity index (χ4n) is 1.17. The lowest BCUT2D eigenvalue weighted by Crippen LogP contribution is -2.35. The second kappa shape index (κ2) is 6.44. The van der Waals surface area contributed by atoms with Gasteiger partial charge in [0.15, 0.2) is 0 Å². The van der Waals surface area contributed by atoms with E-state index in [1.54, 1.807) is 0 Å². The predicted octanol–water partition coefficient (Wildman–Crippen LogP) is 1.70. The fourth-order valence-corrected chi connectivity index (χ4v) is 1.17. The van der Waals surface area contributed by atoms with Crippen LogP contribution in [0.3, 0.4) is 0 Å². The molecule has 0 aromatic heterocycles. The quantitative estimate of drug-likeness (QED) is 0.661. The summed E-state index contributed by atoms with van der Waals surface area (Å²) in [5.74, 6) is 0.781. The standard InChI is InChI=1S/C10H24N2/c1-5-12(4)8-10(11)7-6-9(2)3/h9-10H,5-8,11H2,1-4H3. The second-order valence-electron chi connectivity index (χ2n) is 4.09. The summed E-state index contributed by atoms with van der Waals surface area (Å²) in [6.07, 6.45) is 2.40. The maximum Gasteiger partial charge on any atom is 0.0167 e. The summed E-state index contributed by atoms with van der Waals surface area (Å²) in [5, 5.41) is 0. The molecule has 0 aromatic carbocycles. The number of rotatable bonds is 6. The van der Waals surface area contributed by atoms with Gasteiger partial charge in [0.2, 0.25) is 0 Å². The van der Waals surface area contributed by atoms with Crippen LogP contribution in [-0.4, -0.2) is 31.1 Å². The SMILES string of the molecule is CCN(C)CC(N)CCC(C)C. The molecule has 74 valence electrons. The number of hydrogen-bond donors (Lipinski definition) is 1. The van der Waals surface area contributed by atoms with Crippen molar-refractivity contribution < 1.29 is 0 Å². The van der Waals surface area contributed by atoms with Gasteiger partial charge in [0, 0.05) is 12.6 Å². The highest BCUT2D eigenvalue weighted by Crippen LogP contribution is 2.05. The normalized spacial score (nSPS) is 14.2. The van der Waals surface area contributed by atoms with Gasteiger partial charge < -0.3 is 10.6 Å². The van der Waals surface area contributed by atoms with Crippen LogP contribution in [0.4, 0.5) is 0 Å². The van der Waals surface area contributed by atoms with E-state index in [9.17, 15) is 0 Å². The van der Waals surface area contributed by atoms with E-state index in [0.29, 0.717) is 6.04 Å². The van der Waals surface area contributed by atoms with Crippen molar-refractivity contribution in [2.75, 3.05) is 20.1 Å². The molecule has 1 atom stereocenters. The Hall–Kier alpha value is -0.0800. The molecule has 0 saturated carbocycles. The van der Waals surface area contributed by atoms with Gasteiger partial charge >= 0.3 is 0 Å². The molecule has 0 fully saturated rings. The van der Waals surface area contributed by atoms with Gasteiger partial charge in [-0.15, -0.1) is 0 Å². The molecule has 1 unspecified atom stereocenters. The van der Waals surface area contributed by atoms with Crippen LogP contribution in [-0.2, 0) is 0 Å². The van der Waals surface area contributed by atoms with Crippen molar-refractivity contribution in [3.63, 3.8) is 0 Å². The van der Waals surface area contributed by atoms with Gasteiger partial charge in [0.25, 0.3) is 0 Å². The van der Waals surface area contributed by atoms with Crippen LogP contribution in [0.15, 0.2) is 0 Å². The molecular weight excluding hydrogens is 148 g/mol. The second-order valence-corrected chi connectivity index (χ2v) is 4.09. The van der Waals surface area contributed by atoms with Crippen molar-refractivity contribution in [3.05, 3.63) is 0 Å². The lowest BCUT2D eigenvalue weighted by atomic mass is 10.0. The van der Waals surface area contributed by atoms with Crippen LogP contribution in [0.25, 0.3) is 0 Å². The summed E-state index contributed by atoms with van der Waals surface area (Å²) in [4.78, 5) is 2.27. The van der Waals surface area contributed by atoms with Gasteiger partial charge in [0.1, 0.15) is 0 Å². The summed E-state index contributed by atoms with van der Waals surface area (Å²) < 4.78 is 0. The van der Waals surface area contributed by atoms with Crippen molar-refractivity contribution >= 4 is 0 Å². The van der Waals surface area contributed by atoms with E-state index in [0.717, 1.165) is 25.4 Å². The number of nitrogens with zero attached hydrogens (tertiary/aromatic N) is 1. The van der Waals surface area contributed by atoms with E-state index < -0.39 is 0 Å². The summed E-state index contributed by atoms with van der Waals surface area (Å²) in [6.45, 7) is 8.78. The Labute approximate surface area is 77.1 Å². The molecule has 0 aliphatic heterocycles. The minimum Gasteiger partial charge on any atom is -0.327 e. The molecule has 0 aliphatic rings. The molecule has 0 bridgehead atoms. The fraction of sp³-hybridized carbons (Fsp3) is 1.00. The minimum absolute atomic E-state index is 0.359. The molecular formula is C10H24N2. The Kier molecular flexibility index (Phi) is 6.39. The van der Waals surface area contributed by atoms with Crippen molar-refractivity contribution in [2.24, 2.45) is 11.7 Å². The van der Waals surface area contributed by atoms with E-state index in [4.69, 9.17) is 5.73 Å². The third-order valence-corrected chi connectivity index (χ3v) is 2.20. The van der Waals surface area contributed by atoms with Gasteiger partial charge in [-0.3, -0.25) is 0 Å². The third-order valence-electron chi connectivity index (χ3n) is 2.20. The largest absolute Gasteiger partial charge is 0.327 e. The lowest BCUT2D eigenvalue weighted by Gasteiger charge is -2.19. The smallest absolute Gasteiger partial charge is 0.0167 e. The van der Waals surface area contributed by atoms with Gasteiger partial charge in [0.05, 0.1) is 0 Å². The van der Waals surface area contributed by atoms with Gasteiger partial charge in [-0.25, -0.2) is 0 Å². The van der Waals surface area contributed by atoms with Crippen molar-refractivity contribution in [1.29, 1.82) is 0 Å². The van der Waals surface area contributed by atoms with E-state index in [2.05, 4.69) is 32.7 Å². The van der Waals surface area contributed by atoms with Crippen LogP contribution in [0.1, 0.15) is 33.6 Å². The molecule has 0 aliphatic carbocycles. The van der Waals surface area contributed by atoms with Gasteiger partial charge in [-0.05, 0) is 32.4 Å². The van der Waals surface area contributed by atoms with Crippen LogP contribution >= 0.6 is 0 Å². The van der Waals surface area contributed by atoms with Crippen molar-refractivity contribution in [1.82, 2.24) is 4.90 Å². The first kappa shape index (κ1) is 11.9. The Morgan fingerprint density at radius 1 is 1.25 bits per heavy atom. The molecule has 12 heavy (non-hydrogen) atoms. The van der Waals surface area contributed by atoms with E-state index in [1.165, 1.54) is 6.42 Å². The average Bonchev–Trinajstić information content (AvgIpc) is 2.00. The highest BCUT2D eigenvalue weighted by atomic mass is 15.1. The Bertz CT molecular complexity index is 102. The zero-order valence-electron chi connectivity index (χ0n) is 9.01. The number of nitrogens with two attached hydrogens (primary N) is 1. The molecule has 0 heterocycles. The van der Waals surface area contributed by atoms with Crippen LogP contribution in [0.2, 0.25) is 0 Å². The molecule has 0 aromatic rings. The van der Waals surface area contributed by atoms with Gasteiger partial charge in [-0.2, -0.15) is 0 Å². The van der Waals surface area contributed by atoms with E-state index >= 15 is 0 Å². The minimum atomic E-state index is 0.359. The molecule has 0 saturated heterocycles. The topological polar surface area (TPSA) is 29.3 Å². The molecule has 0 radical (unpaired) electrons. The third kappa shape index (κ3) is 6.62. The Morgan fingerprint density at radius 3 is 2.25 bits per heavy atom. The maximum atomic E-state index is 5.96. The predicted molar refractivity (Wildman–Crippen MR) is 55.2 cm³/mol. The highest BCUT2D eigenvalue weighted by Gasteiger charge is 2.05. The molecule has 2 heteroatoms. The summed E-state index contributed by atoms with van der Waals surface area (Å²) in [6, 6.07) is 0.359. The first-order chi connectivity index (χ1) is 5.56. The maximum absolute atomic E-state index is 5.96. The average molecular weight is 172 g/mol. The molecule has 0 spiro atoms. The molecule has 2 nitrogen and oxygen atoms in total. The van der Waals surface area contributed by atoms with Crippen molar-refractivity contribution in [3.8, 4) is 0 Å². The van der Waals surface area contributed by atoms with E-state index in [1.807, 2.05) is 0 Å². The van der Waals surface area contributed by atoms with Crippen LogP contribution in [0.5, 0.6) is 0 Å². The summed E-state index contributed by atoms with van der Waals surface area (Å²) >= 11 is 0. The van der Waals surface area contributed by atoms with Gasteiger partial charge in [-0.1, -0.05) is 20.8 Å². The van der Waals surface area contributed by atoms with Crippen LogP contribution in [0, 0.1) is 5.92 Å². The lowest BCUT2D eigenvalue weighted by molar-refractivity contribution is 0.312. The first-order valence-corrected chi connectivity index (χ1v) is 5.00. The summed E-state index contributed by atoms with van der Waals surface area (Å²) in [7, 11) is 2.12. The first-order valence-electron chi connectivity index (χ1n) is 5.00.